The van der Waals surface area contributed by atoms with Gasteiger partial charge in [0.2, 0.25) is 0 Å². The standard InChI is InChI=1S/C12H18N2O4S/c1-3-14(11-7-5-4-6-8-11)19(17,18)13(2)10-9-12(15)16/h4-8H,3,9-10H2,1-2H3,(H,15,16). The highest BCUT2D eigenvalue weighted by atomic mass is 32.2. The Morgan fingerprint density at radius 2 is 1.84 bits per heavy atom. The highest BCUT2D eigenvalue weighted by Crippen LogP contribution is 2.19. The first-order chi connectivity index (χ1) is 8.89. The summed E-state index contributed by atoms with van der Waals surface area (Å²) in [5.41, 5.74) is 0.562. The third-order valence-corrected chi connectivity index (χ3v) is 4.64. The maximum Gasteiger partial charge on any atom is 0.304 e. The summed E-state index contributed by atoms with van der Waals surface area (Å²) >= 11 is 0. The first-order valence-electron chi connectivity index (χ1n) is 5.90. The van der Waals surface area contributed by atoms with Crippen molar-refractivity contribution in [1.82, 2.24) is 4.31 Å². The normalized spacial score (nSPS) is 11.5. The molecule has 0 amide bonds. The minimum atomic E-state index is -3.70. The van der Waals surface area contributed by atoms with Crippen LogP contribution in [0.4, 0.5) is 5.69 Å². The Balaban J connectivity index is 2.93. The van der Waals surface area contributed by atoms with Gasteiger partial charge in [-0.25, -0.2) is 0 Å². The third-order valence-electron chi connectivity index (χ3n) is 2.64. The lowest BCUT2D eigenvalue weighted by Crippen LogP contribution is -2.42. The average Bonchev–Trinajstić information content (AvgIpc) is 2.37. The van der Waals surface area contributed by atoms with Gasteiger partial charge in [-0.05, 0) is 19.1 Å². The molecule has 0 spiro atoms. The van der Waals surface area contributed by atoms with Crippen LogP contribution in [0, 0.1) is 0 Å². The van der Waals surface area contributed by atoms with Crippen LogP contribution >= 0.6 is 0 Å². The number of carbonyl (C=O) groups is 1. The van der Waals surface area contributed by atoms with Gasteiger partial charge < -0.3 is 5.11 Å². The van der Waals surface area contributed by atoms with Crippen molar-refractivity contribution >= 4 is 21.9 Å². The Hall–Kier alpha value is -1.60. The quantitative estimate of drug-likeness (QED) is 0.816. The lowest BCUT2D eigenvalue weighted by atomic mass is 10.3. The molecule has 0 aliphatic rings. The van der Waals surface area contributed by atoms with Crippen LogP contribution in [-0.4, -0.2) is 43.9 Å². The molecule has 6 nitrogen and oxygen atoms in total. The summed E-state index contributed by atoms with van der Waals surface area (Å²) in [6, 6.07) is 8.71. The summed E-state index contributed by atoms with van der Waals surface area (Å²) < 4.78 is 27.0. The number of hydrogen-bond acceptors (Lipinski definition) is 3. The van der Waals surface area contributed by atoms with Gasteiger partial charge in [-0.2, -0.15) is 12.7 Å². The van der Waals surface area contributed by atoms with Crippen LogP contribution in [0.1, 0.15) is 13.3 Å². The number of para-hydroxylation sites is 1. The maximum atomic E-state index is 12.3. The van der Waals surface area contributed by atoms with Gasteiger partial charge in [0.05, 0.1) is 12.1 Å². The second kappa shape index (κ2) is 6.53. The van der Waals surface area contributed by atoms with E-state index in [9.17, 15) is 13.2 Å². The Kier molecular flexibility index (Phi) is 5.31. The second-order valence-electron chi connectivity index (χ2n) is 3.97. The number of benzene rings is 1. The summed E-state index contributed by atoms with van der Waals surface area (Å²) in [6.07, 6.45) is -0.220. The van der Waals surface area contributed by atoms with Gasteiger partial charge in [0, 0.05) is 20.1 Å². The fourth-order valence-corrected chi connectivity index (χ4v) is 2.98. The van der Waals surface area contributed by atoms with E-state index in [2.05, 4.69) is 0 Å². The number of aliphatic carboxylic acids is 1. The molecule has 1 aromatic carbocycles. The molecule has 0 aliphatic carbocycles. The number of anilines is 1. The number of carboxylic acids is 1. The summed E-state index contributed by atoms with van der Waals surface area (Å²) in [4.78, 5) is 10.5. The molecule has 1 rings (SSSR count). The van der Waals surface area contributed by atoms with E-state index in [4.69, 9.17) is 5.11 Å². The smallest absolute Gasteiger partial charge is 0.304 e. The van der Waals surface area contributed by atoms with Gasteiger partial charge in [-0.3, -0.25) is 9.10 Å². The lowest BCUT2D eigenvalue weighted by Gasteiger charge is -2.27. The summed E-state index contributed by atoms with van der Waals surface area (Å²) in [6.45, 7) is 1.96. The Bertz CT molecular complexity index is 516. The molecule has 1 N–H and O–H groups in total. The van der Waals surface area contributed by atoms with E-state index in [0.29, 0.717) is 5.69 Å². The Labute approximate surface area is 113 Å². The summed E-state index contributed by atoms with van der Waals surface area (Å²) in [5, 5.41) is 8.61. The van der Waals surface area contributed by atoms with Crippen LogP contribution < -0.4 is 4.31 Å². The molecule has 0 aliphatic heterocycles. The number of carboxylic acid groups (broad SMARTS) is 1. The zero-order chi connectivity index (χ0) is 14.5. The van der Waals surface area contributed by atoms with Crippen LogP contribution in [0.5, 0.6) is 0 Å². The molecule has 0 saturated heterocycles. The second-order valence-corrected chi connectivity index (χ2v) is 5.93. The maximum absolute atomic E-state index is 12.3. The molecule has 0 unspecified atom stereocenters. The molecule has 19 heavy (non-hydrogen) atoms. The first kappa shape index (κ1) is 15.5. The molecule has 106 valence electrons. The zero-order valence-corrected chi connectivity index (χ0v) is 11.8. The van der Waals surface area contributed by atoms with Crippen molar-refractivity contribution in [3.8, 4) is 0 Å². The SMILES string of the molecule is CCN(c1ccccc1)S(=O)(=O)N(C)CCC(=O)O. The molecule has 7 heteroatoms. The van der Waals surface area contributed by atoms with Gasteiger partial charge in [0.25, 0.3) is 0 Å². The molecule has 0 heterocycles. The van der Waals surface area contributed by atoms with Crippen molar-refractivity contribution in [1.29, 1.82) is 0 Å². The van der Waals surface area contributed by atoms with Crippen molar-refractivity contribution in [3.05, 3.63) is 30.3 Å². The van der Waals surface area contributed by atoms with Crippen molar-refractivity contribution < 1.29 is 18.3 Å². The topological polar surface area (TPSA) is 77.9 Å². The van der Waals surface area contributed by atoms with Crippen LogP contribution in [0.25, 0.3) is 0 Å². The van der Waals surface area contributed by atoms with Gasteiger partial charge in [-0.1, -0.05) is 18.2 Å². The average molecular weight is 286 g/mol. The van der Waals surface area contributed by atoms with E-state index in [1.165, 1.54) is 11.4 Å². The van der Waals surface area contributed by atoms with E-state index in [-0.39, 0.29) is 19.5 Å². The molecule has 0 aromatic heterocycles. The summed E-state index contributed by atoms with van der Waals surface area (Å²) in [7, 11) is -2.32. The number of nitrogens with zero attached hydrogens (tertiary/aromatic N) is 2. The predicted octanol–water partition coefficient (Wildman–Crippen LogP) is 1.16. The van der Waals surface area contributed by atoms with Crippen molar-refractivity contribution in [2.45, 2.75) is 13.3 Å². The van der Waals surface area contributed by atoms with Gasteiger partial charge in [0.15, 0.2) is 0 Å². The first-order valence-corrected chi connectivity index (χ1v) is 7.30. The van der Waals surface area contributed by atoms with E-state index in [1.807, 2.05) is 0 Å². The highest BCUT2D eigenvalue weighted by Gasteiger charge is 2.26. The van der Waals surface area contributed by atoms with Crippen LogP contribution in [0.2, 0.25) is 0 Å². The van der Waals surface area contributed by atoms with Gasteiger partial charge in [-0.15, -0.1) is 0 Å². The molecular formula is C12H18N2O4S. The largest absolute Gasteiger partial charge is 0.481 e. The lowest BCUT2D eigenvalue weighted by molar-refractivity contribution is -0.137. The fourth-order valence-electron chi connectivity index (χ4n) is 1.61. The monoisotopic (exact) mass is 286 g/mol. The highest BCUT2D eigenvalue weighted by molar-refractivity contribution is 7.90. The molecule has 1 aromatic rings. The molecule has 0 bridgehead atoms. The van der Waals surface area contributed by atoms with Crippen LogP contribution in [0.15, 0.2) is 30.3 Å². The summed E-state index contributed by atoms with van der Waals surface area (Å²) in [5.74, 6) is -1.02. The third kappa shape index (κ3) is 3.93. The van der Waals surface area contributed by atoms with Crippen molar-refractivity contribution in [2.75, 3.05) is 24.4 Å². The minimum Gasteiger partial charge on any atom is -0.481 e. The van der Waals surface area contributed by atoms with Crippen molar-refractivity contribution in [2.24, 2.45) is 0 Å². The molecule has 0 radical (unpaired) electrons. The fraction of sp³-hybridized carbons (Fsp3) is 0.417. The minimum absolute atomic E-state index is 0.0546. The molecular weight excluding hydrogens is 268 g/mol. The van der Waals surface area contributed by atoms with E-state index >= 15 is 0 Å². The molecule has 0 fully saturated rings. The van der Waals surface area contributed by atoms with Crippen molar-refractivity contribution in [3.63, 3.8) is 0 Å². The Morgan fingerprint density at radius 3 is 2.32 bits per heavy atom. The van der Waals surface area contributed by atoms with E-state index < -0.39 is 16.2 Å². The van der Waals surface area contributed by atoms with E-state index in [0.717, 1.165) is 4.31 Å². The molecule has 0 atom stereocenters. The number of rotatable bonds is 7. The Morgan fingerprint density at radius 1 is 1.26 bits per heavy atom. The number of hydrogen-bond donors (Lipinski definition) is 1. The predicted molar refractivity (Wildman–Crippen MR) is 73.3 cm³/mol. The van der Waals surface area contributed by atoms with E-state index in [1.54, 1.807) is 37.3 Å². The van der Waals surface area contributed by atoms with Crippen LogP contribution in [-0.2, 0) is 15.0 Å². The molecule has 0 saturated carbocycles. The van der Waals surface area contributed by atoms with Gasteiger partial charge >= 0.3 is 16.2 Å². The zero-order valence-electron chi connectivity index (χ0n) is 11.0. The van der Waals surface area contributed by atoms with Crippen LogP contribution in [0.3, 0.4) is 0 Å². The van der Waals surface area contributed by atoms with Gasteiger partial charge in [0.1, 0.15) is 0 Å².